The van der Waals surface area contributed by atoms with Gasteiger partial charge in [-0.3, -0.25) is 9.36 Å². The molecule has 0 fully saturated rings. The van der Waals surface area contributed by atoms with Crippen molar-refractivity contribution in [2.45, 2.75) is 13.0 Å². The van der Waals surface area contributed by atoms with E-state index < -0.39 is 17.8 Å². The van der Waals surface area contributed by atoms with Gasteiger partial charge in [0.1, 0.15) is 5.82 Å². The van der Waals surface area contributed by atoms with Gasteiger partial charge in [0.05, 0.1) is 28.5 Å². The van der Waals surface area contributed by atoms with E-state index in [0.29, 0.717) is 20.6 Å². The second-order valence-corrected chi connectivity index (χ2v) is 9.96. The number of halogens is 2. The predicted molar refractivity (Wildman–Crippen MR) is 142 cm³/mol. The summed E-state index contributed by atoms with van der Waals surface area (Å²) in [5, 5.41) is 0. The van der Waals surface area contributed by atoms with Crippen molar-refractivity contribution in [2.75, 3.05) is 6.61 Å². The van der Waals surface area contributed by atoms with Crippen molar-refractivity contribution in [3.8, 4) is 0 Å². The third kappa shape index (κ3) is 4.62. The minimum atomic E-state index is -0.830. The molecule has 36 heavy (non-hydrogen) atoms. The second-order valence-electron chi connectivity index (χ2n) is 8.03. The maximum absolute atomic E-state index is 13.8. The largest absolute Gasteiger partial charge is 0.463 e. The zero-order chi connectivity index (χ0) is 25.2. The molecule has 4 aromatic rings. The highest BCUT2D eigenvalue weighted by atomic mass is 79.9. The predicted octanol–water partition coefficient (Wildman–Crippen LogP) is 4.84. The topological polar surface area (TPSA) is 60.7 Å². The van der Waals surface area contributed by atoms with Gasteiger partial charge in [0.25, 0.3) is 5.56 Å². The summed E-state index contributed by atoms with van der Waals surface area (Å²) < 4.78 is 22.2. The average molecular weight is 563 g/mol. The smallest absolute Gasteiger partial charge is 0.338 e. The molecule has 0 unspecified atom stereocenters. The first-order chi connectivity index (χ1) is 17.5. The van der Waals surface area contributed by atoms with Gasteiger partial charge in [0.15, 0.2) is 4.80 Å². The number of aromatic nitrogens is 1. The second kappa shape index (κ2) is 10.2. The molecular formula is C28H20BrFN2O3S. The van der Waals surface area contributed by atoms with Crippen LogP contribution in [0.1, 0.15) is 29.7 Å². The van der Waals surface area contributed by atoms with Crippen LogP contribution in [0, 0.1) is 5.82 Å². The monoisotopic (exact) mass is 562 g/mol. The van der Waals surface area contributed by atoms with E-state index in [1.807, 2.05) is 54.6 Å². The van der Waals surface area contributed by atoms with E-state index >= 15 is 0 Å². The highest BCUT2D eigenvalue weighted by molar-refractivity contribution is 9.10. The van der Waals surface area contributed by atoms with Crippen LogP contribution in [0.15, 0.2) is 98.7 Å². The number of nitrogens with zero attached hydrogens (tertiary/aromatic N) is 2. The Hall–Kier alpha value is -3.62. The lowest BCUT2D eigenvalue weighted by Crippen LogP contribution is -2.40. The number of carbonyl (C=O) groups excluding carboxylic acids is 1. The van der Waals surface area contributed by atoms with Crippen LogP contribution in [-0.2, 0) is 9.53 Å². The van der Waals surface area contributed by atoms with Gasteiger partial charge in [0.2, 0.25) is 0 Å². The summed E-state index contributed by atoms with van der Waals surface area (Å²) in [4.78, 5) is 32.3. The lowest BCUT2D eigenvalue weighted by atomic mass is 9.93. The van der Waals surface area contributed by atoms with Gasteiger partial charge in [-0.15, -0.1) is 0 Å². The van der Waals surface area contributed by atoms with Crippen LogP contribution < -0.4 is 14.9 Å². The number of carbonyl (C=O) groups is 1. The number of thiazole rings is 1. The molecule has 0 saturated heterocycles. The average Bonchev–Trinajstić information content (AvgIpc) is 3.20. The molecule has 0 aliphatic carbocycles. The molecule has 1 aliphatic rings. The van der Waals surface area contributed by atoms with Gasteiger partial charge in [-0.25, -0.2) is 14.2 Å². The van der Waals surface area contributed by atoms with Crippen molar-refractivity contribution in [3.05, 3.63) is 131 Å². The normalized spacial score (nSPS) is 15.4. The number of hydrogen-bond acceptors (Lipinski definition) is 5. The molecule has 0 spiro atoms. The molecule has 5 nitrogen and oxygen atoms in total. The minimum Gasteiger partial charge on any atom is -0.463 e. The maximum Gasteiger partial charge on any atom is 0.338 e. The molecular weight excluding hydrogens is 543 g/mol. The van der Waals surface area contributed by atoms with Crippen LogP contribution in [-0.4, -0.2) is 17.1 Å². The molecule has 8 heteroatoms. The Labute approximate surface area is 218 Å². The minimum absolute atomic E-state index is 0.161. The van der Waals surface area contributed by atoms with Crippen LogP contribution in [0.4, 0.5) is 4.39 Å². The molecule has 0 N–H and O–H groups in total. The number of rotatable bonds is 5. The Kier molecular flexibility index (Phi) is 6.80. The fourth-order valence-electron chi connectivity index (χ4n) is 4.11. The quantitative estimate of drug-likeness (QED) is 0.327. The molecule has 3 aromatic carbocycles. The molecule has 0 amide bonds. The van der Waals surface area contributed by atoms with Gasteiger partial charge >= 0.3 is 5.97 Å². The first-order valence-corrected chi connectivity index (χ1v) is 12.9. The molecule has 180 valence electrons. The van der Waals surface area contributed by atoms with Gasteiger partial charge < -0.3 is 4.74 Å². The molecule has 0 saturated carbocycles. The SMILES string of the molecule is CCOC(=O)C1=C(c2ccccc2)N=c2s/c(=C\c3ccc(Br)cc3)c(=O)n2[C@@H]1c1ccc(F)cc1. The fraction of sp³-hybridized carbons (Fsp3) is 0.107. The third-order valence-electron chi connectivity index (χ3n) is 5.73. The van der Waals surface area contributed by atoms with Crippen molar-refractivity contribution >= 4 is 45.0 Å². The molecule has 1 aromatic heterocycles. The first kappa shape index (κ1) is 24.1. The molecule has 1 atom stereocenters. The Balaban J connectivity index is 1.82. The summed E-state index contributed by atoms with van der Waals surface area (Å²) in [7, 11) is 0. The zero-order valence-corrected chi connectivity index (χ0v) is 21.6. The zero-order valence-electron chi connectivity index (χ0n) is 19.2. The highest BCUT2D eigenvalue weighted by Crippen LogP contribution is 2.35. The summed E-state index contributed by atoms with van der Waals surface area (Å²) >= 11 is 4.67. The van der Waals surface area contributed by atoms with Crippen molar-refractivity contribution in [2.24, 2.45) is 4.99 Å². The molecule has 2 heterocycles. The molecule has 0 radical (unpaired) electrons. The highest BCUT2D eigenvalue weighted by Gasteiger charge is 2.35. The third-order valence-corrected chi connectivity index (χ3v) is 7.24. The number of hydrogen-bond donors (Lipinski definition) is 0. The maximum atomic E-state index is 13.8. The van der Waals surface area contributed by atoms with Crippen LogP contribution >= 0.6 is 27.3 Å². The standard InChI is InChI=1S/C28H20BrFN2O3S/c1-2-35-27(34)23-24(18-6-4-3-5-7-18)31-28-32(25(23)19-10-14-21(30)15-11-19)26(33)22(36-28)16-17-8-12-20(29)13-9-17/h3-16,25H,2H2,1H3/b22-16-/t25-/m1/s1. The van der Waals surface area contributed by atoms with Gasteiger partial charge in [-0.05, 0) is 48.4 Å². The van der Waals surface area contributed by atoms with Crippen LogP contribution in [0.5, 0.6) is 0 Å². The van der Waals surface area contributed by atoms with E-state index in [9.17, 15) is 14.0 Å². The number of ether oxygens (including phenoxy) is 1. The summed E-state index contributed by atoms with van der Waals surface area (Å²) in [5.41, 5.74) is 2.54. The van der Waals surface area contributed by atoms with E-state index in [4.69, 9.17) is 9.73 Å². The van der Waals surface area contributed by atoms with E-state index in [1.165, 1.54) is 28.0 Å². The lowest BCUT2D eigenvalue weighted by molar-refractivity contribution is -0.138. The van der Waals surface area contributed by atoms with Gasteiger partial charge in [0, 0.05) is 10.0 Å². The summed E-state index contributed by atoms with van der Waals surface area (Å²) in [6, 6.07) is 21.9. The van der Waals surface area contributed by atoms with Gasteiger partial charge in [-0.2, -0.15) is 0 Å². The van der Waals surface area contributed by atoms with E-state index in [0.717, 1.165) is 15.6 Å². The Bertz CT molecular complexity index is 1640. The lowest BCUT2D eigenvalue weighted by Gasteiger charge is -2.25. The number of benzene rings is 3. The van der Waals surface area contributed by atoms with Crippen LogP contribution in [0.2, 0.25) is 0 Å². The van der Waals surface area contributed by atoms with Crippen molar-refractivity contribution < 1.29 is 13.9 Å². The number of fused-ring (bicyclic) bond motifs is 1. The Morgan fingerprint density at radius 1 is 1.08 bits per heavy atom. The first-order valence-electron chi connectivity index (χ1n) is 11.3. The Morgan fingerprint density at radius 2 is 1.78 bits per heavy atom. The molecule has 5 rings (SSSR count). The van der Waals surface area contributed by atoms with Crippen molar-refractivity contribution in [3.63, 3.8) is 0 Å². The van der Waals surface area contributed by atoms with Crippen LogP contribution in [0.3, 0.4) is 0 Å². The fourth-order valence-corrected chi connectivity index (χ4v) is 5.38. The summed E-state index contributed by atoms with van der Waals surface area (Å²) in [6.45, 7) is 1.88. The van der Waals surface area contributed by atoms with E-state index in [-0.39, 0.29) is 17.7 Å². The van der Waals surface area contributed by atoms with Crippen molar-refractivity contribution in [1.29, 1.82) is 0 Å². The Morgan fingerprint density at radius 3 is 2.44 bits per heavy atom. The van der Waals surface area contributed by atoms with E-state index in [2.05, 4.69) is 15.9 Å². The molecule has 0 bridgehead atoms. The summed E-state index contributed by atoms with van der Waals surface area (Å²) in [6.07, 6.45) is 1.80. The number of esters is 1. The van der Waals surface area contributed by atoms with E-state index in [1.54, 1.807) is 25.1 Å². The molecule has 1 aliphatic heterocycles. The van der Waals surface area contributed by atoms with Crippen molar-refractivity contribution in [1.82, 2.24) is 4.57 Å². The van der Waals surface area contributed by atoms with Crippen LogP contribution in [0.25, 0.3) is 11.8 Å². The summed E-state index contributed by atoms with van der Waals surface area (Å²) in [5.74, 6) is -0.983. The van der Waals surface area contributed by atoms with Gasteiger partial charge in [-0.1, -0.05) is 81.9 Å².